The lowest BCUT2D eigenvalue weighted by atomic mass is 10.3. The van der Waals surface area contributed by atoms with Crippen molar-refractivity contribution >= 4 is 28.1 Å². The van der Waals surface area contributed by atoms with Crippen molar-refractivity contribution in [1.29, 1.82) is 0 Å². The van der Waals surface area contributed by atoms with Crippen LogP contribution in [0.2, 0.25) is 0 Å². The van der Waals surface area contributed by atoms with Crippen LogP contribution in [-0.4, -0.2) is 66.7 Å². The van der Waals surface area contributed by atoms with Crippen molar-refractivity contribution in [2.45, 2.75) is 24.0 Å². The van der Waals surface area contributed by atoms with Crippen molar-refractivity contribution in [3.63, 3.8) is 0 Å². The number of aliphatic hydroxyl groups excluding tert-OH is 3. The summed E-state index contributed by atoms with van der Waals surface area (Å²) >= 11 is 0. The van der Waals surface area contributed by atoms with Gasteiger partial charge in [0, 0.05) is 0 Å². The third-order valence-corrected chi connectivity index (χ3v) is 3.52. The van der Waals surface area contributed by atoms with Crippen molar-refractivity contribution in [3.8, 4) is 0 Å². The highest BCUT2D eigenvalue weighted by molar-refractivity contribution is 7.47. The van der Waals surface area contributed by atoms with Gasteiger partial charge in [-0.3, -0.25) is 4.52 Å². The van der Waals surface area contributed by atoms with E-state index < -0.39 is 45.8 Å². The zero-order chi connectivity index (χ0) is 17.0. The summed E-state index contributed by atoms with van der Waals surface area (Å²) in [4.78, 5) is 40.2. The molecule has 0 aromatic carbocycles. The molecular formula is C6H10O13P2. The lowest BCUT2D eigenvalue weighted by Crippen LogP contribution is -2.50. The van der Waals surface area contributed by atoms with Gasteiger partial charge in [-0.05, 0) is 0 Å². The molecule has 0 aromatic rings. The molecule has 0 rings (SSSR count). The van der Waals surface area contributed by atoms with E-state index in [0.717, 1.165) is 0 Å². The van der Waals surface area contributed by atoms with Crippen molar-refractivity contribution in [1.82, 2.24) is 0 Å². The number of carboxylic acids is 1. The van der Waals surface area contributed by atoms with Crippen molar-refractivity contribution in [2.75, 3.05) is 0 Å². The van der Waals surface area contributed by atoms with Crippen LogP contribution < -0.4 is 4.89 Å². The Morgan fingerprint density at radius 3 is 2.19 bits per heavy atom. The number of aliphatic hydroxyl groups is 4. The molecule has 13 nitrogen and oxygen atoms in total. The molecule has 122 valence electrons. The van der Waals surface area contributed by atoms with E-state index in [0.29, 0.717) is 0 Å². The first-order valence-corrected chi connectivity index (χ1v) is 7.42. The van der Waals surface area contributed by atoms with Crippen LogP contribution >= 0.6 is 15.9 Å². The first kappa shape index (κ1) is 20.1. The molecule has 0 bridgehead atoms. The summed E-state index contributed by atoms with van der Waals surface area (Å²) in [5.41, 5.74) is 0. The van der Waals surface area contributed by atoms with E-state index >= 15 is 0 Å². The van der Waals surface area contributed by atoms with Crippen LogP contribution in [0.1, 0.15) is 0 Å². The number of rotatable bonds is 9. The maximum atomic E-state index is 11.3. The van der Waals surface area contributed by atoms with E-state index in [9.17, 15) is 28.7 Å². The van der Waals surface area contributed by atoms with E-state index in [-0.39, 0.29) is 6.29 Å². The number of carbonyl (C=O) groups is 2. The number of phosphoric acid groups is 1. The number of carboxylic acid groups (broad SMARTS) is 1. The zero-order valence-corrected chi connectivity index (χ0v) is 11.5. The summed E-state index contributed by atoms with van der Waals surface area (Å²) in [7, 11) is -9.74. The Balaban J connectivity index is 5.26. The standard InChI is InChI=1S/C6H10O13P2/c7-1-2(8)3(9)18-21(16,17)19-6(13,4(10)11)5(12)20(14)15/h1-3,5,8-9,12-13H,(H,10,11)(H,16,17). The van der Waals surface area contributed by atoms with Crippen LogP contribution in [0.15, 0.2) is 0 Å². The van der Waals surface area contributed by atoms with Crippen molar-refractivity contribution in [3.05, 3.63) is 0 Å². The maximum absolute atomic E-state index is 11.3. The molecule has 0 radical (unpaired) electrons. The highest BCUT2D eigenvalue weighted by atomic mass is 31.2. The lowest BCUT2D eigenvalue weighted by molar-refractivity contribution is -0.234. The molecule has 0 heterocycles. The fourth-order valence-corrected chi connectivity index (χ4v) is 2.31. The van der Waals surface area contributed by atoms with Crippen LogP contribution in [0.3, 0.4) is 0 Å². The van der Waals surface area contributed by atoms with Gasteiger partial charge < -0.3 is 40.1 Å². The minimum atomic E-state index is -5.71. The highest BCUT2D eigenvalue weighted by Gasteiger charge is 2.58. The van der Waals surface area contributed by atoms with E-state index in [4.69, 9.17) is 25.3 Å². The zero-order valence-electron chi connectivity index (χ0n) is 9.74. The molecule has 0 aliphatic rings. The fourth-order valence-electron chi connectivity index (χ4n) is 0.803. The second-order valence-corrected chi connectivity index (χ2v) is 5.73. The average molecular weight is 352 g/mol. The van der Waals surface area contributed by atoms with Gasteiger partial charge in [0.25, 0.3) is 0 Å². The molecule has 6 atom stereocenters. The maximum Gasteiger partial charge on any atom is 0.477 e. The van der Waals surface area contributed by atoms with Gasteiger partial charge in [-0.25, -0.2) is 13.9 Å². The van der Waals surface area contributed by atoms with Gasteiger partial charge in [-0.1, -0.05) is 4.57 Å². The summed E-state index contributed by atoms with van der Waals surface area (Å²) in [5.74, 6) is -9.84. The van der Waals surface area contributed by atoms with Crippen LogP contribution in [0.5, 0.6) is 0 Å². The average Bonchev–Trinajstić information content (AvgIpc) is 2.34. The number of phosphoric ester groups is 1. The van der Waals surface area contributed by atoms with Crippen LogP contribution in [0.4, 0.5) is 0 Å². The topological polar surface area (TPSA) is 231 Å². The Morgan fingerprint density at radius 1 is 1.38 bits per heavy atom. The monoisotopic (exact) mass is 352 g/mol. The first-order chi connectivity index (χ1) is 9.37. The Kier molecular flexibility index (Phi) is 7.12. The summed E-state index contributed by atoms with van der Waals surface area (Å²) in [6, 6.07) is 0. The number of hydrogen-bond donors (Lipinski definition) is 6. The molecule has 0 saturated carbocycles. The van der Waals surface area contributed by atoms with Gasteiger partial charge in [0.15, 0.2) is 18.7 Å². The third kappa shape index (κ3) is 5.45. The number of carbonyl (C=O) groups excluding carboxylic acids is 1. The normalized spacial score (nSPS) is 22.3. The molecule has 0 saturated heterocycles. The van der Waals surface area contributed by atoms with Gasteiger partial charge in [-0.15, -0.1) is 0 Å². The molecule has 6 unspecified atom stereocenters. The molecule has 0 aliphatic carbocycles. The number of aldehydes is 1. The summed E-state index contributed by atoms with van der Waals surface area (Å²) in [6.45, 7) is 0. The van der Waals surface area contributed by atoms with E-state index in [1.165, 1.54) is 0 Å². The SMILES string of the molecule is O=CC(O)C(O)OP(=O)(O)OC(O)(C(=O)O)C(O)[P+](=O)[O-]. The predicted octanol–water partition coefficient (Wildman–Crippen LogP) is -3.81. The van der Waals surface area contributed by atoms with Gasteiger partial charge in [0.05, 0.1) is 0 Å². The molecule has 0 aliphatic heterocycles. The van der Waals surface area contributed by atoms with Crippen LogP contribution in [0.25, 0.3) is 0 Å². The van der Waals surface area contributed by atoms with Gasteiger partial charge in [0.1, 0.15) is 0 Å². The molecule has 0 aromatic heterocycles. The molecule has 0 spiro atoms. The van der Waals surface area contributed by atoms with Gasteiger partial charge in [-0.2, -0.15) is 0 Å². The van der Waals surface area contributed by atoms with Crippen LogP contribution in [-0.2, 0) is 27.8 Å². The molecular weight excluding hydrogens is 342 g/mol. The quantitative estimate of drug-likeness (QED) is 0.133. The minimum Gasteiger partial charge on any atom is -0.593 e. The highest BCUT2D eigenvalue weighted by Crippen LogP contribution is 2.50. The minimum absolute atomic E-state index is 0.322. The summed E-state index contributed by atoms with van der Waals surface area (Å²) in [5, 5.41) is 44.4. The van der Waals surface area contributed by atoms with Crippen molar-refractivity contribution in [2.24, 2.45) is 0 Å². The van der Waals surface area contributed by atoms with Crippen LogP contribution in [0, 0.1) is 0 Å². The van der Waals surface area contributed by atoms with E-state index in [2.05, 4.69) is 9.05 Å². The largest absolute Gasteiger partial charge is 0.593 e. The number of aliphatic carboxylic acids is 1. The lowest BCUT2D eigenvalue weighted by Gasteiger charge is -2.26. The van der Waals surface area contributed by atoms with E-state index in [1.807, 2.05) is 0 Å². The molecule has 21 heavy (non-hydrogen) atoms. The Bertz CT molecular complexity index is 464. The second kappa shape index (κ2) is 7.42. The summed E-state index contributed by atoms with van der Waals surface area (Å²) in [6.07, 6.45) is -5.31. The Hall–Kier alpha value is -0.850. The van der Waals surface area contributed by atoms with Gasteiger partial charge in [0.2, 0.25) is 0 Å². The fraction of sp³-hybridized carbons (Fsp3) is 0.667. The second-order valence-electron chi connectivity index (χ2n) is 3.34. The molecule has 6 N–H and O–H groups in total. The molecule has 0 amide bonds. The third-order valence-electron chi connectivity index (χ3n) is 1.78. The Morgan fingerprint density at radius 2 is 1.86 bits per heavy atom. The first-order valence-electron chi connectivity index (χ1n) is 4.68. The summed E-state index contributed by atoms with van der Waals surface area (Å²) < 4.78 is 29.0. The van der Waals surface area contributed by atoms with Crippen molar-refractivity contribution < 1.29 is 63.1 Å². The predicted molar refractivity (Wildman–Crippen MR) is 56.3 cm³/mol. The Labute approximate surface area is 116 Å². The molecule has 0 fully saturated rings. The number of hydrogen-bond acceptors (Lipinski definition) is 11. The van der Waals surface area contributed by atoms with Gasteiger partial charge >= 0.3 is 33.5 Å². The molecule has 15 heteroatoms. The smallest absolute Gasteiger partial charge is 0.477 e. The van der Waals surface area contributed by atoms with E-state index in [1.54, 1.807) is 0 Å².